The van der Waals surface area contributed by atoms with Crippen molar-refractivity contribution >= 4 is 47.0 Å². The van der Waals surface area contributed by atoms with E-state index < -0.39 is 60.0 Å². The monoisotopic (exact) mass is 1000 g/mol. The zero-order chi connectivity index (χ0) is 52.3. The summed E-state index contributed by atoms with van der Waals surface area (Å²) >= 11 is 0. The molecule has 0 amide bonds. The Kier molecular flexibility index (Phi) is 16.7. The SMILES string of the molecule is COc1cc(C(=O)Oc2ccc(/C=C/C(=O)Cc3cc(N)ccc3-c3ccc(N)cc3CC(=O)/C=C/c3ccc(OC(=O)c4ccc(OC(F)(F)C(F)F)c(OC)c4)cc3)cc2)ccc1OC(F)(F)C(F)F. The molecule has 0 aliphatic heterocycles. The van der Waals surface area contributed by atoms with Crippen molar-refractivity contribution in [3.63, 3.8) is 0 Å². The molecule has 6 aromatic carbocycles. The maximum absolute atomic E-state index is 13.4. The second-order valence-electron chi connectivity index (χ2n) is 15.4. The van der Waals surface area contributed by atoms with Crippen LogP contribution >= 0.6 is 0 Å². The largest absolute Gasteiger partial charge is 0.493 e. The van der Waals surface area contributed by atoms with Crippen LogP contribution < -0.4 is 39.9 Å². The van der Waals surface area contributed by atoms with Gasteiger partial charge in [-0.05, 0) is 130 Å². The molecule has 6 rings (SSSR count). The number of alkyl halides is 8. The van der Waals surface area contributed by atoms with Gasteiger partial charge >= 0.3 is 37.0 Å². The molecule has 0 aliphatic carbocycles. The van der Waals surface area contributed by atoms with Crippen molar-refractivity contribution in [2.24, 2.45) is 0 Å². The standard InChI is InChI=1S/C52H40F8N2O10/c1-67-45-27-31(9-21-43(45)71-51(57,58)49(53)54)47(65)69-39-15-5-29(6-16-39)3-13-37(63)25-33-23-35(61)11-19-41(33)42-20-12-36(62)24-34(42)26-38(64)14-4-30-7-17-40(18-8-30)70-48(66)32-10-22-44(46(28-32)68-2)72-52(59,60)50(55)56/h3-24,27-28,49-50H,25-26,61-62H2,1-2H3/b13-3+,14-4+. The number of nitrogen functional groups attached to an aromatic ring is 2. The number of rotatable bonds is 21. The fourth-order valence-electron chi connectivity index (χ4n) is 6.68. The van der Waals surface area contributed by atoms with Crippen LogP contribution in [-0.2, 0) is 22.4 Å². The van der Waals surface area contributed by atoms with Gasteiger partial charge in [0, 0.05) is 24.2 Å². The van der Waals surface area contributed by atoms with Crippen molar-refractivity contribution in [1.29, 1.82) is 0 Å². The van der Waals surface area contributed by atoms with Gasteiger partial charge in [-0.3, -0.25) is 9.59 Å². The Morgan fingerprint density at radius 1 is 0.500 bits per heavy atom. The third-order valence-electron chi connectivity index (χ3n) is 10.2. The zero-order valence-electron chi connectivity index (χ0n) is 37.7. The summed E-state index contributed by atoms with van der Waals surface area (Å²) in [4.78, 5) is 52.3. The minimum absolute atomic E-state index is 0.0804. The van der Waals surface area contributed by atoms with E-state index in [0.29, 0.717) is 44.8 Å². The predicted octanol–water partition coefficient (Wildman–Crippen LogP) is 11.1. The van der Waals surface area contributed by atoms with E-state index in [9.17, 15) is 54.3 Å². The van der Waals surface area contributed by atoms with E-state index >= 15 is 0 Å². The average molecular weight is 1000 g/mol. The quantitative estimate of drug-likeness (QED) is 0.0230. The first kappa shape index (κ1) is 52.7. The van der Waals surface area contributed by atoms with Crippen LogP contribution in [0.15, 0.2) is 133 Å². The first-order valence-corrected chi connectivity index (χ1v) is 21.0. The van der Waals surface area contributed by atoms with Crippen molar-refractivity contribution < 1.29 is 82.7 Å². The number of methoxy groups -OCH3 is 2. The lowest BCUT2D eigenvalue weighted by Gasteiger charge is -2.18. The van der Waals surface area contributed by atoms with Crippen molar-refractivity contribution in [2.75, 3.05) is 25.7 Å². The molecule has 0 atom stereocenters. The maximum Gasteiger partial charge on any atom is 0.461 e. The Labute approximate surface area is 405 Å². The van der Waals surface area contributed by atoms with Crippen LogP contribution in [0.5, 0.6) is 34.5 Å². The molecule has 4 N–H and O–H groups in total. The molecule has 6 aromatic rings. The molecule has 0 aromatic heterocycles. The van der Waals surface area contributed by atoms with Crippen LogP contribution in [0.3, 0.4) is 0 Å². The third kappa shape index (κ3) is 13.8. The number of esters is 2. The summed E-state index contributed by atoms with van der Waals surface area (Å²) in [6.07, 6.45) is -12.2. The molecule has 20 heteroatoms. The van der Waals surface area contributed by atoms with Gasteiger partial charge < -0.3 is 39.9 Å². The van der Waals surface area contributed by atoms with E-state index in [1.807, 2.05) is 0 Å². The van der Waals surface area contributed by atoms with Gasteiger partial charge in [-0.1, -0.05) is 48.6 Å². The number of benzene rings is 6. The van der Waals surface area contributed by atoms with Crippen LogP contribution in [0.2, 0.25) is 0 Å². The fraction of sp³-hybridized carbons (Fsp3) is 0.154. The van der Waals surface area contributed by atoms with E-state index in [-0.39, 0.29) is 47.0 Å². The summed E-state index contributed by atoms with van der Waals surface area (Å²) in [5, 5.41) is 0. The summed E-state index contributed by atoms with van der Waals surface area (Å²) in [7, 11) is 2.14. The predicted molar refractivity (Wildman–Crippen MR) is 248 cm³/mol. The summed E-state index contributed by atoms with van der Waals surface area (Å²) in [6, 6.07) is 27.8. The summed E-state index contributed by atoms with van der Waals surface area (Å²) < 4.78 is 133. The molecule has 12 nitrogen and oxygen atoms in total. The fourth-order valence-corrected chi connectivity index (χ4v) is 6.68. The number of ketones is 2. The van der Waals surface area contributed by atoms with Crippen LogP contribution in [0, 0.1) is 0 Å². The smallest absolute Gasteiger partial charge is 0.461 e. The number of anilines is 2. The molecular formula is C52H40F8N2O10. The highest BCUT2D eigenvalue weighted by molar-refractivity contribution is 5.98. The lowest BCUT2D eigenvalue weighted by atomic mass is 9.90. The summed E-state index contributed by atoms with van der Waals surface area (Å²) in [5.41, 5.74) is 16.2. The van der Waals surface area contributed by atoms with E-state index in [0.717, 1.165) is 50.6 Å². The molecule has 0 fully saturated rings. The van der Waals surface area contributed by atoms with Crippen molar-refractivity contribution in [1.82, 2.24) is 0 Å². The molecule has 0 radical (unpaired) electrons. The van der Waals surface area contributed by atoms with E-state index in [1.165, 1.54) is 48.6 Å². The molecule has 0 spiro atoms. The van der Waals surface area contributed by atoms with E-state index in [2.05, 4.69) is 9.47 Å². The molecule has 0 unspecified atom stereocenters. The van der Waals surface area contributed by atoms with Crippen molar-refractivity contribution in [2.45, 2.75) is 37.9 Å². The molecule has 374 valence electrons. The second kappa shape index (κ2) is 22.8. The third-order valence-corrected chi connectivity index (χ3v) is 10.2. The highest BCUT2D eigenvalue weighted by Gasteiger charge is 2.45. The van der Waals surface area contributed by atoms with Gasteiger partial charge in [0.2, 0.25) is 0 Å². The lowest BCUT2D eigenvalue weighted by Crippen LogP contribution is -2.33. The highest BCUT2D eigenvalue weighted by Crippen LogP contribution is 2.37. The molecule has 0 saturated carbocycles. The Morgan fingerprint density at radius 3 is 1.19 bits per heavy atom. The highest BCUT2D eigenvalue weighted by atomic mass is 19.3. The average Bonchev–Trinajstić information content (AvgIpc) is 3.33. The second-order valence-corrected chi connectivity index (χ2v) is 15.4. The lowest BCUT2D eigenvalue weighted by molar-refractivity contribution is -0.253. The minimum atomic E-state index is -4.80. The van der Waals surface area contributed by atoms with Gasteiger partial charge in [0.1, 0.15) is 11.5 Å². The van der Waals surface area contributed by atoms with Crippen molar-refractivity contribution in [3.05, 3.63) is 167 Å². The van der Waals surface area contributed by atoms with Gasteiger partial charge in [-0.25, -0.2) is 9.59 Å². The van der Waals surface area contributed by atoms with E-state index in [4.69, 9.17) is 30.4 Å². The van der Waals surface area contributed by atoms with Crippen LogP contribution in [0.4, 0.5) is 46.5 Å². The first-order valence-electron chi connectivity index (χ1n) is 21.0. The Hall–Kier alpha value is -8.68. The minimum Gasteiger partial charge on any atom is -0.493 e. The summed E-state index contributed by atoms with van der Waals surface area (Å²) in [5.74, 6) is -4.58. The molecule has 0 heterocycles. The zero-order valence-corrected chi connectivity index (χ0v) is 37.7. The van der Waals surface area contributed by atoms with Gasteiger partial charge in [0.25, 0.3) is 0 Å². The van der Waals surface area contributed by atoms with Gasteiger partial charge in [-0.15, -0.1) is 0 Å². The number of ether oxygens (including phenoxy) is 6. The molecule has 72 heavy (non-hydrogen) atoms. The number of hydrogen-bond acceptors (Lipinski definition) is 12. The van der Waals surface area contributed by atoms with Gasteiger partial charge in [0.05, 0.1) is 25.3 Å². The van der Waals surface area contributed by atoms with Crippen LogP contribution in [0.1, 0.15) is 43.0 Å². The maximum atomic E-state index is 13.4. The number of hydrogen-bond donors (Lipinski definition) is 2. The Balaban J connectivity index is 1.07. The van der Waals surface area contributed by atoms with E-state index in [1.54, 1.807) is 60.7 Å². The first-order chi connectivity index (χ1) is 34.1. The Bertz CT molecular complexity index is 2810. The number of allylic oxidation sites excluding steroid dienone is 2. The number of nitrogens with two attached hydrogens (primary N) is 2. The number of halogens is 8. The van der Waals surface area contributed by atoms with Crippen LogP contribution in [-0.4, -0.2) is 62.8 Å². The topological polar surface area (TPSA) is 176 Å². The van der Waals surface area contributed by atoms with Gasteiger partial charge in [-0.2, -0.15) is 35.1 Å². The van der Waals surface area contributed by atoms with Crippen molar-refractivity contribution in [3.8, 4) is 45.6 Å². The molecular weight excluding hydrogens is 965 g/mol. The number of carbonyl (C=O) groups is 4. The normalized spacial score (nSPS) is 11.8. The number of carbonyl (C=O) groups excluding carboxylic acids is 4. The summed E-state index contributed by atoms with van der Waals surface area (Å²) in [6.45, 7) is 0. The molecule has 0 saturated heterocycles. The Morgan fingerprint density at radius 2 is 0.861 bits per heavy atom. The molecule has 0 aliphatic rings. The molecule has 0 bridgehead atoms. The van der Waals surface area contributed by atoms with Crippen LogP contribution in [0.25, 0.3) is 23.3 Å². The van der Waals surface area contributed by atoms with Gasteiger partial charge in [0.15, 0.2) is 34.6 Å².